The zero-order valence-electron chi connectivity index (χ0n) is 9.16. The van der Waals surface area contributed by atoms with Gasteiger partial charge < -0.3 is 5.73 Å². The third-order valence-corrected chi connectivity index (χ3v) is 3.68. The van der Waals surface area contributed by atoms with Crippen molar-refractivity contribution in [1.82, 2.24) is 0 Å². The lowest BCUT2D eigenvalue weighted by Gasteiger charge is -2.16. The van der Waals surface area contributed by atoms with Gasteiger partial charge in [0, 0.05) is 16.5 Å². The first-order valence-corrected chi connectivity index (χ1v) is 6.10. The predicted molar refractivity (Wildman–Crippen MR) is 65.7 cm³/mol. The molecule has 0 aliphatic heterocycles. The molecule has 0 aromatic heterocycles. The van der Waals surface area contributed by atoms with Crippen molar-refractivity contribution in [3.63, 3.8) is 0 Å². The maximum atomic E-state index is 12.2. The van der Waals surface area contributed by atoms with Gasteiger partial charge in [0.05, 0.1) is 0 Å². The summed E-state index contributed by atoms with van der Waals surface area (Å²) in [5.41, 5.74) is 6.45. The van der Waals surface area contributed by atoms with Gasteiger partial charge >= 0.3 is 0 Å². The van der Waals surface area contributed by atoms with Crippen LogP contribution in [0.4, 0.5) is 0 Å². The summed E-state index contributed by atoms with van der Waals surface area (Å²) in [6, 6.07) is 7.13. The number of Topliss-reactive ketones (excluding diaryl/α,β-unsaturated/α-hetero) is 1. The second-order valence-electron chi connectivity index (χ2n) is 4.40. The molecule has 2 rings (SSSR count). The molecular weight excluding hydrogens is 222 g/mol. The lowest BCUT2D eigenvalue weighted by Crippen LogP contribution is -2.25. The second-order valence-corrected chi connectivity index (χ2v) is 4.84. The molecule has 16 heavy (non-hydrogen) atoms. The van der Waals surface area contributed by atoms with Gasteiger partial charge in [-0.15, -0.1) is 0 Å². The van der Waals surface area contributed by atoms with Gasteiger partial charge in [-0.2, -0.15) is 0 Å². The van der Waals surface area contributed by atoms with Crippen LogP contribution in [0.3, 0.4) is 0 Å². The number of carbonyl (C=O) groups is 1. The monoisotopic (exact) mass is 237 g/mol. The number of rotatable bonds is 3. The Bertz CT molecular complexity index is 374. The van der Waals surface area contributed by atoms with E-state index in [2.05, 4.69) is 0 Å². The van der Waals surface area contributed by atoms with E-state index in [-0.39, 0.29) is 11.7 Å². The van der Waals surface area contributed by atoms with Crippen LogP contribution in [-0.4, -0.2) is 12.3 Å². The number of ketones is 1. The fraction of sp³-hybridized carbons (Fsp3) is 0.462. The fourth-order valence-electron chi connectivity index (χ4n) is 2.49. The van der Waals surface area contributed by atoms with E-state index in [1.54, 1.807) is 24.3 Å². The molecule has 1 saturated carbocycles. The van der Waals surface area contributed by atoms with E-state index in [1.807, 2.05) is 0 Å². The fourth-order valence-corrected chi connectivity index (χ4v) is 2.62. The minimum absolute atomic E-state index is 0.117. The van der Waals surface area contributed by atoms with Crippen molar-refractivity contribution in [1.29, 1.82) is 0 Å². The van der Waals surface area contributed by atoms with Crippen LogP contribution in [0.15, 0.2) is 24.3 Å². The highest BCUT2D eigenvalue weighted by atomic mass is 35.5. The van der Waals surface area contributed by atoms with Crippen molar-refractivity contribution >= 4 is 17.4 Å². The van der Waals surface area contributed by atoms with Crippen molar-refractivity contribution in [3.05, 3.63) is 34.9 Å². The molecule has 1 aromatic carbocycles. The molecule has 2 nitrogen and oxygen atoms in total. The smallest absolute Gasteiger partial charge is 0.166 e. The van der Waals surface area contributed by atoms with Crippen LogP contribution >= 0.6 is 11.6 Å². The molecule has 1 fully saturated rings. The Labute approximate surface area is 101 Å². The molecule has 2 atom stereocenters. The average Bonchev–Trinajstić information content (AvgIpc) is 2.77. The molecule has 0 bridgehead atoms. The van der Waals surface area contributed by atoms with Crippen LogP contribution in [0, 0.1) is 11.8 Å². The quantitative estimate of drug-likeness (QED) is 0.822. The number of benzene rings is 1. The summed E-state index contributed by atoms with van der Waals surface area (Å²) in [5.74, 6) is 0.707. The van der Waals surface area contributed by atoms with Crippen LogP contribution in [-0.2, 0) is 0 Å². The molecule has 3 heteroatoms. The molecule has 0 spiro atoms. The maximum Gasteiger partial charge on any atom is 0.166 e. The molecule has 1 aliphatic rings. The molecule has 1 aromatic rings. The Morgan fingerprint density at radius 2 is 2.00 bits per heavy atom. The summed E-state index contributed by atoms with van der Waals surface area (Å²) in [7, 11) is 0. The molecular formula is C13H16ClNO. The van der Waals surface area contributed by atoms with Gasteiger partial charge in [0.25, 0.3) is 0 Å². The summed E-state index contributed by atoms with van der Waals surface area (Å²) in [6.45, 7) is 0.615. The van der Waals surface area contributed by atoms with Gasteiger partial charge in [-0.05, 0) is 49.6 Å². The zero-order chi connectivity index (χ0) is 11.5. The normalized spacial score (nSPS) is 24.6. The highest BCUT2D eigenvalue weighted by Crippen LogP contribution is 2.33. The highest BCUT2D eigenvalue weighted by Gasteiger charge is 2.32. The summed E-state index contributed by atoms with van der Waals surface area (Å²) in [6.07, 6.45) is 3.18. The van der Waals surface area contributed by atoms with E-state index in [1.165, 1.54) is 0 Å². The zero-order valence-corrected chi connectivity index (χ0v) is 9.91. The van der Waals surface area contributed by atoms with E-state index in [9.17, 15) is 4.79 Å². The third kappa shape index (κ3) is 2.28. The topological polar surface area (TPSA) is 43.1 Å². The summed E-state index contributed by atoms with van der Waals surface area (Å²) in [5, 5.41) is 0.665. The molecule has 2 N–H and O–H groups in total. The van der Waals surface area contributed by atoms with E-state index in [0.29, 0.717) is 17.5 Å². The second kappa shape index (κ2) is 4.98. The molecule has 1 aliphatic carbocycles. The summed E-state index contributed by atoms with van der Waals surface area (Å²) >= 11 is 5.80. The van der Waals surface area contributed by atoms with Crippen molar-refractivity contribution in [3.8, 4) is 0 Å². The van der Waals surface area contributed by atoms with Crippen LogP contribution in [0.1, 0.15) is 29.6 Å². The highest BCUT2D eigenvalue weighted by molar-refractivity contribution is 6.30. The Balaban J connectivity index is 2.15. The molecule has 86 valence electrons. The number of hydrogen-bond donors (Lipinski definition) is 1. The van der Waals surface area contributed by atoms with Crippen LogP contribution in [0.2, 0.25) is 5.02 Å². The van der Waals surface area contributed by atoms with Gasteiger partial charge in [0.15, 0.2) is 5.78 Å². The van der Waals surface area contributed by atoms with Gasteiger partial charge in [0.2, 0.25) is 0 Å². The lowest BCUT2D eigenvalue weighted by molar-refractivity contribution is 0.0893. The largest absolute Gasteiger partial charge is 0.330 e. The number of nitrogens with two attached hydrogens (primary N) is 1. The standard InChI is InChI=1S/C13H16ClNO/c14-11-6-4-9(5-7-11)13(16)12-3-1-2-10(12)8-15/h4-7,10,12H,1-3,8,15H2. The SMILES string of the molecule is NCC1CCCC1C(=O)c1ccc(Cl)cc1. The van der Waals surface area contributed by atoms with Crippen molar-refractivity contribution < 1.29 is 4.79 Å². The van der Waals surface area contributed by atoms with Crippen molar-refractivity contribution in [2.24, 2.45) is 17.6 Å². The minimum Gasteiger partial charge on any atom is -0.330 e. The Morgan fingerprint density at radius 1 is 1.31 bits per heavy atom. The molecule has 0 heterocycles. The van der Waals surface area contributed by atoms with Crippen LogP contribution < -0.4 is 5.73 Å². The molecule has 0 amide bonds. The van der Waals surface area contributed by atoms with Gasteiger partial charge in [-0.1, -0.05) is 18.0 Å². The maximum absolute atomic E-state index is 12.2. The van der Waals surface area contributed by atoms with E-state index < -0.39 is 0 Å². The van der Waals surface area contributed by atoms with Gasteiger partial charge in [0.1, 0.15) is 0 Å². The number of hydrogen-bond acceptors (Lipinski definition) is 2. The third-order valence-electron chi connectivity index (χ3n) is 3.43. The lowest BCUT2D eigenvalue weighted by atomic mass is 9.88. The number of carbonyl (C=O) groups excluding carboxylic acids is 1. The molecule has 2 unspecified atom stereocenters. The van der Waals surface area contributed by atoms with E-state index in [0.717, 1.165) is 24.8 Å². The first-order valence-electron chi connectivity index (χ1n) is 5.72. The first kappa shape index (κ1) is 11.6. The summed E-state index contributed by atoms with van der Waals surface area (Å²) < 4.78 is 0. The molecule has 0 saturated heterocycles. The van der Waals surface area contributed by atoms with E-state index in [4.69, 9.17) is 17.3 Å². The summed E-state index contributed by atoms with van der Waals surface area (Å²) in [4.78, 5) is 12.2. The Hall–Kier alpha value is -0.860. The number of halogens is 1. The van der Waals surface area contributed by atoms with E-state index >= 15 is 0 Å². The first-order chi connectivity index (χ1) is 7.72. The minimum atomic E-state index is 0.117. The Kier molecular flexibility index (Phi) is 3.62. The van der Waals surface area contributed by atoms with Crippen LogP contribution in [0.5, 0.6) is 0 Å². The van der Waals surface area contributed by atoms with Gasteiger partial charge in [-0.25, -0.2) is 0 Å². The average molecular weight is 238 g/mol. The van der Waals surface area contributed by atoms with Gasteiger partial charge in [-0.3, -0.25) is 4.79 Å². The van der Waals surface area contributed by atoms with Crippen molar-refractivity contribution in [2.75, 3.05) is 6.54 Å². The van der Waals surface area contributed by atoms with Crippen LogP contribution in [0.25, 0.3) is 0 Å². The predicted octanol–water partition coefficient (Wildman–Crippen LogP) is 2.90. The molecule has 0 radical (unpaired) electrons. The van der Waals surface area contributed by atoms with Crippen molar-refractivity contribution in [2.45, 2.75) is 19.3 Å². The Morgan fingerprint density at radius 3 is 2.62 bits per heavy atom.